The van der Waals surface area contributed by atoms with Crippen LogP contribution in [0.3, 0.4) is 0 Å². The van der Waals surface area contributed by atoms with E-state index in [1.165, 1.54) is 18.2 Å². The number of hydrogen-bond donors (Lipinski definition) is 0. The van der Waals surface area contributed by atoms with Crippen LogP contribution in [0.4, 0.5) is 4.79 Å². The Labute approximate surface area is 144 Å². The minimum Gasteiger partial charge on any atom is -0.488 e. The first kappa shape index (κ1) is 17.3. The summed E-state index contributed by atoms with van der Waals surface area (Å²) in [7, 11) is 1.27. The van der Waals surface area contributed by atoms with Gasteiger partial charge in [0.05, 0.1) is 11.6 Å². The average Bonchev–Trinajstić information content (AvgIpc) is 2.56. The van der Waals surface area contributed by atoms with Crippen LogP contribution in [0.15, 0.2) is 40.9 Å². The first-order valence-electron chi connectivity index (χ1n) is 7.30. The Morgan fingerprint density at radius 2 is 1.87 bits per heavy atom. The number of ether oxygens (including phenoxy) is 3. The van der Waals surface area contributed by atoms with Gasteiger partial charge in [-0.1, -0.05) is 25.1 Å². The summed E-state index contributed by atoms with van der Waals surface area (Å²) < 4.78 is 16.4. The minimum absolute atomic E-state index is 0.288. The van der Waals surface area contributed by atoms with Gasteiger partial charge in [-0.3, -0.25) is 0 Å². The van der Waals surface area contributed by atoms with Crippen molar-refractivity contribution in [2.45, 2.75) is 26.9 Å². The molecular formula is C18H19BrO4. The van der Waals surface area contributed by atoms with E-state index in [-0.39, 0.29) is 6.61 Å². The average molecular weight is 379 g/mol. The van der Waals surface area contributed by atoms with Crippen molar-refractivity contribution in [2.75, 3.05) is 7.11 Å². The lowest BCUT2D eigenvalue weighted by Crippen LogP contribution is -2.09. The molecule has 0 saturated carbocycles. The van der Waals surface area contributed by atoms with Gasteiger partial charge in [0.25, 0.3) is 0 Å². The van der Waals surface area contributed by atoms with Crippen molar-refractivity contribution in [2.24, 2.45) is 0 Å². The van der Waals surface area contributed by atoms with Crippen molar-refractivity contribution in [3.63, 3.8) is 0 Å². The molecule has 2 aromatic carbocycles. The second-order valence-corrected chi connectivity index (χ2v) is 5.87. The smallest absolute Gasteiger partial charge is 0.488 e. The van der Waals surface area contributed by atoms with Crippen LogP contribution in [-0.2, 0) is 17.8 Å². The lowest BCUT2D eigenvalue weighted by atomic mass is 10.1. The van der Waals surface area contributed by atoms with E-state index in [0.29, 0.717) is 5.75 Å². The third kappa shape index (κ3) is 4.48. The van der Waals surface area contributed by atoms with Gasteiger partial charge in [-0.15, -0.1) is 0 Å². The fraction of sp³-hybridized carbons (Fsp3) is 0.278. The second-order valence-electron chi connectivity index (χ2n) is 5.02. The predicted octanol–water partition coefficient (Wildman–Crippen LogP) is 5.04. The highest BCUT2D eigenvalue weighted by atomic mass is 79.9. The van der Waals surface area contributed by atoms with E-state index in [9.17, 15) is 4.79 Å². The maximum absolute atomic E-state index is 11.3. The summed E-state index contributed by atoms with van der Waals surface area (Å²) >= 11 is 3.54. The molecule has 2 rings (SSSR count). The highest BCUT2D eigenvalue weighted by Gasteiger charge is 2.11. The van der Waals surface area contributed by atoms with E-state index in [4.69, 9.17) is 9.47 Å². The quantitative estimate of drug-likeness (QED) is 0.539. The van der Waals surface area contributed by atoms with Gasteiger partial charge in [0.2, 0.25) is 0 Å². The number of aryl methyl sites for hydroxylation is 2. The van der Waals surface area contributed by atoms with Crippen LogP contribution in [0.1, 0.15) is 23.6 Å². The molecule has 0 bridgehead atoms. The van der Waals surface area contributed by atoms with Crippen molar-refractivity contribution in [3.8, 4) is 11.5 Å². The molecule has 4 nitrogen and oxygen atoms in total. The van der Waals surface area contributed by atoms with E-state index in [1.807, 2.05) is 18.2 Å². The number of carbonyl (C=O) groups excluding carboxylic acids is 1. The summed E-state index contributed by atoms with van der Waals surface area (Å²) in [5.41, 5.74) is 3.23. The zero-order valence-corrected chi connectivity index (χ0v) is 15.0. The maximum atomic E-state index is 11.3. The zero-order valence-electron chi connectivity index (χ0n) is 13.4. The maximum Gasteiger partial charge on any atom is 0.513 e. The molecule has 0 heterocycles. The molecule has 0 unspecified atom stereocenters. The standard InChI is InChI=1S/C18H19BrO4/c1-4-13-10-15(19)17(9-12(13)2)22-11-14-7-5-6-8-16(14)23-18(20)21-3/h5-10H,4,11H2,1-3H3. The predicted molar refractivity (Wildman–Crippen MR) is 92.1 cm³/mol. The number of para-hydroxylation sites is 1. The molecule has 23 heavy (non-hydrogen) atoms. The van der Waals surface area contributed by atoms with Gasteiger partial charge in [0.15, 0.2) is 0 Å². The number of rotatable bonds is 5. The Balaban J connectivity index is 2.15. The molecule has 0 radical (unpaired) electrons. The number of methoxy groups -OCH3 is 1. The molecule has 0 atom stereocenters. The summed E-state index contributed by atoms with van der Waals surface area (Å²) in [6.07, 6.45) is 0.224. The fourth-order valence-corrected chi connectivity index (χ4v) is 2.70. The molecule has 0 aliphatic rings. The van der Waals surface area contributed by atoms with Gasteiger partial charge in [-0.25, -0.2) is 4.79 Å². The van der Waals surface area contributed by atoms with Crippen molar-refractivity contribution in [1.82, 2.24) is 0 Å². The summed E-state index contributed by atoms with van der Waals surface area (Å²) in [6, 6.07) is 11.3. The molecule has 0 amide bonds. The van der Waals surface area contributed by atoms with Gasteiger partial charge in [-0.05, 0) is 58.6 Å². The third-order valence-electron chi connectivity index (χ3n) is 3.49. The van der Waals surface area contributed by atoms with Gasteiger partial charge >= 0.3 is 6.16 Å². The van der Waals surface area contributed by atoms with Crippen LogP contribution >= 0.6 is 15.9 Å². The SMILES string of the molecule is CCc1cc(Br)c(OCc2ccccc2OC(=O)OC)cc1C. The Bertz CT molecular complexity index is 697. The first-order chi connectivity index (χ1) is 11.0. The van der Waals surface area contributed by atoms with Crippen molar-refractivity contribution < 1.29 is 19.0 Å². The molecular weight excluding hydrogens is 360 g/mol. The van der Waals surface area contributed by atoms with Crippen LogP contribution in [0.2, 0.25) is 0 Å². The molecule has 2 aromatic rings. The molecule has 5 heteroatoms. The molecule has 0 aromatic heterocycles. The van der Waals surface area contributed by atoms with Crippen LogP contribution in [0, 0.1) is 6.92 Å². The monoisotopic (exact) mass is 378 g/mol. The van der Waals surface area contributed by atoms with Crippen molar-refractivity contribution >= 4 is 22.1 Å². The normalized spacial score (nSPS) is 10.3. The molecule has 0 spiro atoms. The first-order valence-corrected chi connectivity index (χ1v) is 8.10. The topological polar surface area (TPSA) is 44.8 Å². The Kier molecular flexibility index (Phi) is 6.04. The Hall–Kier alpha value is -2.01. The Morgan fingerprint density at radius 3 is 2.57 bits per heavy atom. The fourth-order valence-electron chi connectivity index (χ4n) is 2.20. The summed E-state index contributed by atoms with van der Waals surface area (Å²) in [6.45, 7) is 4.47. The lowest BCUT2D eigenvalue weighted by Gasteiger charge is -2.13. The van der Waals surface area contributed by atoms with E-state index in [0.717, 1.165) is 22.2 Å². The number of benzene rings is 2. The third-order valence-corrected chi connectivity index (χ3v) is 4.11. The Morgan fingerprint density at radius 1 is 1.13 bits per heavy atom. The van der Waals surface area contributed by atoms with E-state index < -0.39 is 6.16 Å². The number of halogens is 1. The molecule has 122 valence electrons. The van der Waals surface area contributed by atoms with E-state index >= 15 is 0 Å². The second kappa shape index (κ2) is 8.02. The molecule has 0 aliphatic heterocycles. The summed E-state index contributed by atoms with van der Waals surface area (Å²) in [5, 5.41) is 0. The minimum atomic E-state index is -0.748. The number of hydrogen-bond acceptors (Lipinski definition) is 4. The summed E-state index contributed by atoms with van der Waals surface area (Å²) in [4.78, 5) is 11.3. The molecule has 0 fully saturated rings. The van der Waals surface area contributed by atoms with Gasteiger partial charge in [0.1, 0.15) is 18.1 Å². The largest absolute Gasteiger partial charge is 0.513 e. The van der Waals surface area contributed by atoms with Crippen LogP contribution in [0.5, 0.6) is 11.5 Å². The number of carbonyl (C=O) groups is 1. The van der Waals surface area contributed by atoms with Gasteiger partial charge in [0, 0.05) is 5.56 Å². The van der Waals surface area contributed by atoms with Crippen LogP contribution in [-0.4, -0.2) is 13.3 Å². The summed E-state index contributed by atoms with van der Waals surface area (Å²) in [5.74, 6) is 1.19. The molecule has 0 saturated heterocycles. The van der Waals surface area contributed by atoms with E-state index in [2.05, 4.69) is 40.6 Å². The van der Waals surface area contributed by atoms with E-state index in [1.54, 1.807) is 12.1 Å². The van der Waals surface area contributed by atoms with Gasteiger partial charge in [-0.2, -0.15) is 0 Å². The molecule has 0 aliphatic carbocycles. The van der Waals surface area contributed by atoms with Crippen LogP contribution < -0.4 is 9.47 Å². The van der Waals surface area contributed by atoms with Gasteiger partial charge < -0.3 is 14.2 Å². The lowest BCUT2D eigenvalue weighted by molar-refractivity contribution is 0.120. The van der Waals surface area contributed by atoms with Crippen molar-refractivity contribution in [1.29, 1.82) is 0 Å². The highest BCUT2D eigenvalue weighted by molar-refractivity contribution is 9.10. The van der Waals surface area contributed by atoms with Crippen molar-refractivity contribution in [3.05, 3.63) is 57.6 Å². The highest BCUT2D eigenvalue weighted by Crippen LogP contribution is 2.30. The van der Waals surface area contributed by atoms with Crippen LogP contribution in [0.25, 0.3) is 0 Å². The molecule has 0 N–H and O–H groups in total. The zero-order chi connectivity index (χ0) is 16.8.